The molecule has 40 heavy (non-hydrogen) atoms. The summed E-state index contributed by atoms with van der Waals surface area (Å²) in [7, 11) is 0. The number of hydrogen-bond donors (Lipinski definition) is 3. The number of nitrogens with one attached hydrogen (secondary N) is 1. The molecule has 1 heterocycles. The van der Waals surface area contributed by atoms with Crippen LogP contribution in [0.3, 0.4) is 0 Å². The van der Waals surface area contributed by atoms with Gasteiger partial charge in [0.05, 0.1) is 12.1 Å². The first-order valence-electron chi connectivity index (χ1n) is 13.7. The molecular weight excluding hydrogens is 508 g/mol. The number of likely N-dealkylation sites (tertiary alicyclic amines) is 1. The van der Waals surface area contributed by atoms with E-state index in [2.05, 4.69) is 5.32 Å². The molecule has 1 fully saturated rings. The van der Waals surface area contributed by atoms with Crippen molar-refractivity contribution in [3.8, 4) is 11.5 Å². The summed E-state index contributed by atoms with van der Waals surface area (Å²) < 4.78 is 11.4. The second kappa shape index (κ2) is 14.0. The molecule has 3 N–H and O–H groups in total. The highest BCUT2D eigenvalue weighted by Gasteiger charge is 2.40. The lowest BCUT2D eigenvalue weighted by Gasteiger charge is -2.35. The maximum atomic E-state index is 13.1. The van der Waals surface area contributed by atoms with Gasteiger partial charge in [-0.2, -0.15) is 0 Å². The molecular formula is C32H38N2O6. The van der Waals surface area contributed by atoms with E-state index in [1.54, 1.807) is 11.0 Å². The Balaban J connectivity index is 1.42. The summed E-state index contributed by atoms with van der Waals surface area (Å²) in [6, 6.07) is 22.9. The Morgan fingerprint density at radius 3 is 2.08 bits per heavy atom. The highest BCUT2D eigenvalue weighted by molar-refractivity contribution is 5.79. The number of ether oxygens (including phenoxy) is 2. The smallest absolute Gasteiger partial charge is 0.260 e. The first-order valence-corrected chi connectivity index (χ1v) is 13.7. The Bertz CT molecular complexity index is 1270. The minimum absolute atomic E-state index is 0.162. The van der Waals surface area contributed by atoms with Gasteiger partial charge < -0.3 is 29.9 Å². The Labute approximate surface area is 235 Å². The van der Waals surface area contributed by atoms with Gasteiger partial charge in [0.2, 0.25) is 0 Å². The first kappa shape index (κ1) is 29.1. The van der Waals surface area contributed by atoms with E-state index in [4.69, 9.17) is 9.47 Å². The molecule has 8 nitrogen and oxygen atoms in total. The molecule has 2 amide bonds. The van der Waals surface area contributed by atoms with Gasteiger partial charge in [0.1, 0.15) is 23.7 Å². The highest BCUT2D eigenvalue weighted by atomic mass is 16.5. The highest BCUT2D eigenvalue weighted by Crippen LogP contribution is 2.25. The average Bonchev–Trinajstić information content (AvgIpc) is 3.46. The molecule has 1 saturated heterocycles. The zero-order valence-corrected chi connectivity index (χ0v) is 23.0. The number of amides is 2. The fourth-order valence-electron chi connectivity index (χ4n) is 5.10. The van der Waals surface area contributed by atoms with E-state index in [1.807, 2.05) is 86.6 Å². The number of benzene rings is 3. The molecule has 0 unspecified atom stereocenters. The summed E-state index contributed by atoms with van der Waals surface area (Å²) in [5.74, 6) is 0.560. The summed E-state index contributed by atoms with van der Waals surface area (Å²) in [5, 5.41) is 25.5. The molecule has 0 spiro atoms. The van der Waals surface area contributed by atoms with Crippen LogP contribution in [0.4, 0.5) is 0 Å². The first-order chi connectivity index (χ1) is 19.3. The van der Waals surface area contributed by atoms with Crippen molar-refractivity contribution in [1.29, 1.82) is 0 Å². The monoisotopic (exact) mass is 546 g/mol. The van der Waals surface area contributed by atoms with E-state index < -0.39 is 30.2 Å². The SMILES string of the molecule is Cc1ccccc1OCC(=O)N[C@@H](Cc1ccccc1)[C@H](O)[C@@H](O)[C@@H]1CCCN1C(=O)COc1ccccc1C. The lowest BCUT2D eigenvalue weighted by atomic mass is 9.93. The fraction of sp³-hybridized carbons (Fsp3) is 0.375. The molecule has 3 aromatic rings. The van der Waals surface area contributed by atoms with E-state index in [9.17, 15) is 19.8 Å². The number of para-hydroxylation sites is 2. The van der Waals surface area contributed by atoms with Crippen molar-refractivity contribution >= 4 is 11.8 Å². The predicted molar refractivity (Wildman–Crippen MR) is 152 cm³/mol. The zero-order valence-electron chi connectivity index (χ0n) is 23.0. The van der Waals surface area contributed by atoms with E-state index in [1.165, 1.54) is 0 Å². The van der Waals surface area contributed by atoms with Crippen LogP contribution in [0.25, 0.3) is 0 Å². The topological polar surface area (TPSA) is 108 Å². The van der Waals surface area contributed by atoms with E-state index in [0.29, 0.717) is 37.3 Å². The van der Waals surface area contributed by atoms with Gasteiger partial charge in [0.25, 0.3) is 11.8 Å². The molecule has 4 rings (SSSR count). The molecule has 0 aromatic heterocycles. The van der Waals surface area contributed by atoms with Crippen LogP contribution in [-0.2, 0) is 16.0 Å². The summed E-state index contributed by atoms with van der Waals surface area (Å²) in [4.78, 5) is 27.5. The standard InChI is InChI=1S/C32H38N2O6/c1-22-11-6-8-16-27(22)39-20-29(35)33-25(19-24-13-4-3-5-14-24)31(37)32(38)26-15-10-18-34(26)30(36)21-40-28-17-9-7-12-23(28)2/h3-9,11-14,16-17,25-26,31-32,37-38H,10,15,18-21H2,1-2H3,(H,33,35)/t25-,26-,31-,32-/m0/s1. The van der Waals surface area contributed by atoms with Crippen LogP contribution >= 0.6 is 0 Å². The maximum absolute atomic E-state index is 13.1. The molecule has 3 aromatic carbocycles. The molecule has 0 bridgehead atoms. The molecule has 8 heteroatoms. The maximum Gasteiger partial charge on any atom is 0.260 e. The van der Waals surface area contributed by atoms with Gasteiger partial charge in [0.15, 0.2) is 13.2 Å². The van der Waals surface area contributed by atoms with Crippen LogP contribution < -0.4 is 14.8 Å². The number of rotatable bonds is 12. The zero-order chi connectivity index (χ0) is 28.5. The van der Waals surface area contributed by atoms with Gasteiger partial charge >= 0.3 is 0 Å². The molecule has 4 atom stereocenters. The summed E-state index contributed by atoms with van der Waals surface area (Å²) >= 11 is 0. The predicted octanol–water partition coefficient (Wildman–Crippen LogP) is 3.20. The molecule has 1 aliphatic heterocycles. The Morgan fingerprint density at radius 1 is 0.875 bits per heavy atom. The Morgan fingerprint density at radius 2 is 1.45 bits per heavy atom. The third-order valence-corrected chi connectivity index (χ3v) is 7.32. The summed E-state index contributed by atoms with van der Waals surface area (Å²) in [6.07, 6.45) is -1.05. The van der Waals surface area contributed by atoms with Crippen LogP contribution in [0.1, 0.15) is 29.5 Å². The van der Waals surface area contributed by atoms with Gasteiger partial charge in [-0.1, -0.05) is 66.7 Å². The summed E-state index contributed by atoms with van der Waals surface area (Å²) in [6.45, 7) is 3.87. The summed E-state index contributed by atoms with van der Waals surface area (Å²) in [5.41, 5.74) is 2.73. The lowest BCUT2D eigenvalue weighted by molar-refractivity contribution is -0.139. The molecule has 1 aliphatic rings. The van der Waals surface area contributed by atoms with Crippen LogP contribution in [0.2, 0.25) is 0 Å². The van der Waals surface area contributed by atoms with Gasteiger partial charge in [-0.05, 0) is 61.9 Å². The minimum Gasteiger partial charge on any atom is -0.484 e. The molecule has 0 aliphatic carbocycles. The van der Waals surface area contributed by atoms with Crippen molar-refractivity contribution in [3.05, 3.63) is 95.6 Å². The molecule has 212 valence electrons. The van der Waals surface area contributed by atoms with E-state index >= 15 is 0 Å². The van der Waals surface area contributed by atoms with Crippen molar-refractivity contribution in [2.75, 3.05) is 19.8 Å². The normalized spacial score (nSPS) is 17.1. The number of carbonyl (C=O) groups excluding carboxylic acids is 2. The van der Waals surface area contributed by atoms with Crippen molar-refractivity contribution in [2.45, 2.75) is 57.4 Å². The van der Waals surface area contributed by atoms with Crippen molar-refractivity contribution in [3.63, 3.8) is 0 Å². The van der Waals surface area contributed by atoms with Crippen LogP contribution in [0, 0.1) is 13.8 Å². The van der Waals surface area contributed by atoms with Gasteiger partial charge in [0, 0.05) is 6.54 Å². The van der Waals surface area contributed by atoms with Gasteiger partial charge in [-0.25, -0.2) is 0 Å². The number of hydrogen-bond acceptors (Lipinski definition) is 6. The Hall–Kier alpha value is -3.88. The quantitative estimate of drug-likeness (QED) is 0.322. The van der Waals surface area contributed by atoms with E-state index in [-0.39, 0.29) is 19.1 Å². The third-order valence-electron chi connectivity index (χ3n) is 7.32. The Kier molecular flexibility index (Phi) is 10.2. The second-order valence-corrected chi connectivity index (χ2v) is 10.2. The number of nitrogens with zero attached hydrogens (tertiary/aromatic N) is 1. The largest absolute Gasteiger partial charge is 0.484 e. The number of aryl methyl sites for hydroxylation is 2. The molecule has 0 radical (unpaired) electrons. The average molecular weight is 547 g/mol. The van der Waals surface area contributed by atoms with E-state index in [0.717, 1.165) is 16.7 Å². The molecule has 0 saturated carbocycles. The van der Waals surface area contributed by atoms with Gasteiger partial charge in [-0.15, -0.1) is 0 Å². The number of aliphatic hydroxyl groups is 2. The van der Waals surface area contributed by atoms with Crippen molar-refractivity contribution in [1.82, 2.24) is 10.2 Å². The number of aliphatic hydroxyl groups excluding tert-OH is 2. The van der Waals surface area contributed by atoms with Crippen molar-refractivity contribution in [2.24, 2.45) is 0 Å². The van der Waals surface area contributed by atoms with Crippen LogP contribution in [0.15, 0.2) is 78.9 Å². The minimum atomic E-state index is -1.32. The van der Waals surface area contributed by atoms with Gasteiger partial charge in [-0.3, -0.25) is 9.59 Å². The number of carbonyl (C=O) groups is 2. The third kappa shape index (κ3) is 7.61. The van der Waals surface area contributed by atoms with Crippen LogP contribution in [0.5, 0.6) is 11.5 Å². The van der Waals surface area contributed by atoms with Crippen molar-refractivity contribution < 1.29 is 29.3 Å². The van der Waals surface area contributed by atoms with Crippen LogP contribution in [-0.4, -0.2) is 71.0 Å². The second-order valence-electron chi connectivity index (χ2n) is 10.2. The fourth-order valence-corrected chi connectivity index (χ4v) is 5.10. The lowest BCUT2D eigenvalue weighted by Crippen LogP contribution is -2.56.